The van der Waals surface area contributed by atoms with Gasteiger partial charge in [0.15, 0.2) is 11.0 Å². The summed E-state index contributed by atoms with van der Waals surface area (Å²) in [4.78, 5) is 1.07. The predicted molar refractivity (Wildman–Crippen MR) is 80.1 cm³/mol. The molecule has 3 aromatic rings. The second-order valence-corrected chi connectivity index (χ2v) is 5.11. The third-order valence-corrected chi connectivity index (χ3v) is 3.63. The molecule has 94 valence electrons. The van der Waals surface area contributed by atoms with Gasteiger partial charge in [0.2, 0.25) is 0 Å². The van der Waals surface area contributed by atoms with E-state index in [1.165, 1.54) is 0 Å². The summed E-state index contributed by atoms with van der Waals surface area (Å²) in [7, 11) is 0. The van der Waals surface area contributed by atoms with E-state index in [1.54, 1.807) is 17.6 Å². The van der Waals surface area contributed by atoms with Crippen molar-refractivity contribution in [1.29, 1.82) is 0 Å². The van der Waals surface area contributed by atoms with Gasteiger partial charge in [0.25, 0.3) is 0 Å². The molecule has 0 aliphatic carbocycles. The number of thiophene rings is 1. The summed E-state index contributed by atoms with van der Waals surface area (Å²) in [6, 6.07) is 11.6. The fraction of sp³-hybridized carbons (Fsp3) is 0. The summed E-state index contributed by atoms with van der Waals surface area (Å²) in [5.74, 6) is 0.591. The second-order valence-electron chi connectivity index (χ2n) is 3.77. The molecular weight excluding hydrogens is 280 g/mol. The largest absolute Gasteiger partial charge is 0.259 e. The molecule has 1 aromatic carbocycles. The summed E-state index contributed by atoms with van der Waals surface area (Å²) in [6.45, 7) is 0. The maximum atomic E-state index is 6.01. The van der Waals surface area contributed by atoms with Crippen LogP contribution in [0.15, 0.2) is 46.9 Å². The van der Waals surface area contributed by atoms with Crippen LogP contribution in [0.1, 0.15) is 4.88 Å². The number of hydrazone groups is 1. The summed E-state index contributed by atoms with van der Waals surface area (Å²) in [6.07, 6.45) is 1.75. The van der Waals surface area contributed by atoms with E-state index in [0.29, 0.717) is 11.0 Å². The summed E-state index contributed by atoms with van der Waals surface area (Å²) in [5.41, 5.74) is 2.90. The molecule has 3 rings (SSSR count). The highest BCUT2D eigenvalue weighted by molar-refractivity contribution is 7.11. The zero-order chi connectivity index (χ0) is 13.1. The first-order valence-electron chi connectivity index (χ1n) is 5.58. The van der Waals surface area contributed by atoms with Gasteiger partial charge in [-0.3, -0.25) is 5.43 Å². The molecule has 0 aliphatic heterocycles. The van der Waals surface area contributed by atoms with Crippen molar-refractivity contribution in [2.24, 2.45) is 5.10 Å². The zero-order valence-electron chi connectivity index (χ0n) is 9.75. The van der Waals surface area contributed by atoms with Crippen molar-refractivity contribution in [1.82, 2.24) is 10.2 Å². The second kappa shape index (κ2) is 5.34. The molecule has 0 amide bonds. The van der Waals surface area contributed by atoms with Gasteiger partial charge in [0.1, 0.15) is 0 Å². The third-order valence-electron chi connectivity index (χ3n) is 2.55. The predicted octanol–water partition coefficient (Wildman–Crippen LogP) is 3.79. The first kappa shape index (κ1) is 12.1. The molecule has 0 atom stereocenters. The summed E-state index contributed by atoms with van der Waals surface area (Å²) >= 11 is 7.62. The van der Waals surface area contributed by atoms with E-state index < -0.39 is 0 Å². The monoisotopic (exact) mass is 288 g/mol. The van der Waals surface area contributed by atoms with Gasteiger partial charge in [-0.15, -0.1) is 21.5 Å². The van der Waals surface area contributed by atoms with Gasteiger partial charge in [-0.05, 0) is 11.4 Å². The summed E-state index contributed by atoms with van der Waals surface area (Å²) < 4.78 is 0. The van der Waals surface area contributed by atoms with Gasteiger partial charge in [-0.25, -0.2) is 0 Å². The lowest BCUT2D eigenvalue weighted by atomic mass is 10.2. The molecule has 19 heavy (non-hydrogen) atoms. The van der Waals surface area contributed by atoms with E-state index in [9.17, 15) is 0 Å². The smallest absolute Gasteiger partial charge is 0.176 e. The Kier molecular flexibility index (Phi) is 3.39. The number of nitrogens with one attached hydrogen (secondary N) is 1. The first-order chi connectivity index (χ1) is 9.34. The standard InChI is InChI=1S/C13H9ClN4S/c14-12-10-5-1-2-6-11(10)13(18-16-12)17-15-8-9-4-3-7-19-9/h1-8H,(H,17,18)/b15-8-. The molecule has 6 heteroatoms. The van der Waals surface area contributed by atoms with E-state index in [0.717, 1.165) is 15.6 Å². The summed E-state index contributed by atoms with van der Waals surface area (Å²) in [5, 5.41) is 16.2. The molecule has 2 heterocycles. The average molecular weight is 289 g/mol. The number of aromatic nitrogens is 2. The minimum absolute atomic E-state index is 0.392. The average Bonchev–Trinajstić information content (AvgIpc) is 2.95. The highest BCUT2D eigenvalue weighted by Crippen LogP contribution is 2.25. The molecule has 0 fully saturated rings. The molecule has 0 spiro atoms. The zero-order valence-corrected chi connectivity index (χ0v) is 11.3. The number of anilines is 1. The molecule has 0 radical (unpaired) electrons. The van der Waals surface area contributed by atoms with Crippen molar-refractivity contribution >= 4 is 45.7 Å². The number of hydrogen-bond donors (Lipinski definition) is 1. The number of hydrogen-bond acceptors (Lipinski definition) is 5. The third kappa shape index (κ3) is 2.57. The molecule has 4 nitrogen and oxygen atoms in total. The van der Waals surface area contributed by atoms with Gasteiger partial charge < -0.3 is 0 Å². The number of rotatable bonds is 3. The van der Waals surface area contributed by atoms with Gasteiger partial charge in [-0.1, -0.05) is 41.9 Å². The SMILES string of the molecule is Clc1nnc(N/N=C\c2cccs2)c2ccccc12. The molecule has 0 aliphatic rings. The maximum Gasteiger partial charge on any atom is 0.176 e. The van der Waals surface area contributed by atoms with Gasteiger partial charge in [-0.2, -0.15) is 5.10 Å². The van der Waals surface area contributed by atoms with Crippen molar-refractivity contribution in [2.75, 3.05) is 5.43 Å². The molecule has 0 unspecified atom stereocenters. The molecule has 2 aromatic heterocycles. The minimum Gasteiger partial charge on any atom is -0.259 e. The lowest BCUT2D eigenvalue weighted by Crippen LogP contribution is -1.97. The van der Waals surface area contributed by atoms with Crippen LogP contribution in [-0.2, 0) is 0 Å². The fourth-order valence-electron chi connectivity index (χ4n) is 1.68. The number of fused-ring (bicyclic) bond motifs is 1. The topological polar surface area (TPSA) is 50.2 Å². The van der Waals surface area contributed by atoms with Crippen molar-refractivity contribution in [3.05, 3.63) is 51.8 Å². The Labute approximate surface area is 118 Å². The number of benzene rings is 1. The van der Waals surface area contributed by atoms with E-state index in [4.69, 9.17) is 11.6 Å². The molecule has 0 saturated carbocycles. The van der Waals surface area contributed by atoms with Gasteiger partial charge in [0, 0.05) is 15.6 Å². The number of halogens is 1. The van der Waals surface area contributed by atoms with E-state index >= 15 is 0 Å². The van der Waals surface area contributed by atoms with Crippen molar-refractivity contribution in [2.45, 2.75) is 0 Å². The van der Waals surface area contributed by atoms with Crippen LogP contribution in [0, 0.1) is 0 Å². The van der Waals surface area contributed by atoms with Crippen LogP contribution in [0.5, 0.6) is 0 Å². The molecule has 1 N–H and O–H groups in total. The number of nitrogens with zero attached hydrogens (tertiary/aromatic N) is 3. The van der Waals surface area contributed by atoms with Crippen LogP contribution >= 0.6 is 22.9 Å². The lowest BCUT2D eigenvalue weighted by Gasteiger charge is -2.04. The van der Waals surface area contributed by atoms with Crippen molar-refractivity contribution in [3.63, 3.8) is 0 Å². The van der Waals surface area contributed by atoms with Crippen LogP contribution in [0.4, 0.5) is 5.82 Å². The quantitative estimate of drug-likeness (QED) is 0.589. The minimum atomic E-state index is 0.392. The Morgan fingerprint density at radius 2 is 1.95 bits per heavy atom. The highest BCUT2D eigenvalue weighted by Gasteiger charge is 2.05. The van der Waals surface area contributed by atoms with Crippen LogP contribution in [0.3, 0.4) is 0 Å². The molecular formula is C13H9ClN4S. The van der Waals surface area contributed by atoms with Crippen LogP contribution in [0.25, 0.3) is 10.8 Å². The van der Waals surface area contributed by atoms with Crippen LogP contribution in [0.2, 0.25) is 5.15 Å². The van der Waals surface area contributed by atoms with Gasteiger partial charge >= 0.3 is 0 Å². The Balaban J connectivity index is 1.91. The van der Waals surface area contributed by atoms with Gasteiger partial charge in [0.05, 0.1) is 6.21 Å². The van der Waals surface area contributed by atoms with Crippen LogP contribution < -0.4 is 5.43 Å². The Morgan fingerprint density at radius 1 is 1.11 bits per heavy atom. The molecule has 0 saturated heterocycles. The Hall–Kier alpha value is -1.98. The lowest BCUT2D eigenvalue weighted by molar-refractivity contribution is 1.04. The van der Waals surface area contributed by atoms with Crippen LogP contribution in [-0.4, -0.2) is 16.4 Å². The maximum absolute atomic E-state index is 6.01. The first-order valence-corrected chi connectivity index (χ1v) is 6.84. The Bertz CT molecular complexity index is 725. The fourth-order valence-corrected chi connectivity index (χ4v) is 2.46. The normalized spacial score (nSPS) is 11.2. The van der Waals surface area contributed by atoms with E-state index in [2.05, 4.69) is 20.7 Å². The van der Waals surface area contributed by atoms with E-state index in [1.807, 2.05) is 41.8 Å². The Morgan fingerprint density at radius 3 is 2.74 bits per heavy atom. The van der Waals surface area contributed by atoms with Crippen molar-refractivity contribution in [3.8, 4) is 0 Å². The van der Waals surface area contributed by atoms with Crippen molar-refractivity contribution < 1.29 is 0 Å². The van der Waals surface area contributed by atoms with E-state index in [-0.39, 0.29) is 0 Å². The molecule has 0 bridgehead atoms. The highest BCUT2D eigenvalue weighted by atomic mass is 35.5.